The molecule has 9 nitrogen and oxygen atoms in total. The Bertz CT molecular complexity index is 1350. The summed E-state index contributed by atoms with van der Waals surface area (Å²) >= 11 is 0. The van der Waals surface area contributed by atoms with E-state index in [-0.39, 0.29) is 17.6 Å². The van der Waals surface area contributed by atoms with Gasteiger partial charge in [-0.1, -0.05) is 0 Å². The van der Waals surface area contributed by atoms with Crippen molar-refractivity contribution in [1.29, 1.82) is 0 Å². The van der Waals surface area contributed by atoms with Gasteiger partial charge in [0.2, 0.25) is 11.7 Å². The summed E-state index contributed by atoms with van der Waals surface area (Å²) in [6.07, 6.45) is 3.54. The highest BCUT2D eigenvalue weighted by Gasteiger charge is 2.22. The highest BCUT2D eigenvalue weighted by molar-refractivity contribution is 6.37. The summed E-state index contributed by atoms with van der Waals surface area (Å²) in [7, 11) is 6.35. The Hall–Kier alpha value is -4.47. The number of nitrogens with zero attached hydrogens (tertiary/aromatic N) is 3. The molecule has 0 bridgehead atoms. The lowest BCUT2D eigenvalue weighted by Gasteiger charge is -2.09. The van der Waals surface area contributed by atoms with Crippen LogP contribution in [0.5, 0.6) is 17.4 Å². The Morgan fingerprint density at radius 1 is 1.08 bits per heavy atom. The van der Waals surface area contributed by atoms with Gasteiger partial charge in [0.1, 0.15) is 5.75 Å². The van der Waals surface area contributed by atoms with E-state index in [2.05, 4.69) is 15.3 Å². The summed E-state index contributed by atoms with van der Waals surface area (Å²) in [5.41, 5.74) is 2.99. The van der Waals surface area contributed by atoms with Crippen LogP contribution < -0.4 is 19.5 Å². The number of carbonyl (C=O) groups excluding carboxylic acids is 2. The van der Waals surface area contributed by atoms with E-state index in [1.54, 1.807) is 50.2 Å². The van der Waals surface area contributed by atoms with Gasteiger partial charge in [-0.2, -0.15) is 0 Å². The van der Waals surface area contributed by atoms with Crippen molar-refractivity contribution in [3.8, 4) is 17.4 Å². The number of nitrogens with one attached hydrogen (secondary N) is 1. The first-order valence-corrected chi connectivity index (χ1v) is 10.9. The number of ketones is 1. The van der Waals surface area contributed by atoms with Crippen LogP contribution in [0.1, 0.15) is 21.7 Å². The summed E-state index contributed by atoms with van der Waals surface area (Å²) in [6.45, 7) is 2.02. The van der Waals surface area contributed by atoms with Crippen LogP contribution in [-0.2, 0) is 11.3 Å². The van der Waals surface area contributed by atoms with Gasteiger partial charge >= 0.3 is 0 Å². The molecule has 4 rings (SSSR count). The summed E-state index contributed by atoms with van der Waals surface area (Å²) in [4.78, 5) is 31.5. The van der Waals surface area contributed by atoms with Crippen LogP contribution >= 0.6 is 0 Å². The SMILES string of the molecule is CNc1ccnc(OC)c1.COc1ccc(Cn2c(C)c(C(=O)C=O)c3cc(OC)c(F)cc32)nc1. The van der Waals surface area contributed by atoms with Crippen molar-refractivity contribution in [2.24, 2.45) is 0 Å². The molecular formula is C26H27FN4O5. The molecule has 0 aliphatic heterocycles. The Kier molecular flexibility index (Phi) is 8.56. The number of hydrogen-bond acceptors (Lipinski definition) is 8. The third-order valence-electron chi connectivity index (χ3n) is 5.54. The third kappa shape index (κ3) is 5.60. The molecule has 0 aliphatic carbocycles. The van der Waals surface area contributed by atoms with Crippen molar-refractivity contribution in [3.05, 3.63) is 71.6 Å². The molecule has 0 aliphatic rings. The number of carbonyl (C=O) groups is 2. The zero-order valence-electron chi connectivity index (χ0n) is 20.7. The van der Waals surface area contributed by atoms with Gasteiger partial charge in [0.25, 0.3) is 0 Å². The fourth-order valence-corrected chi connectivity index (χ4v) is 3.67. The number of rotatable bonds is 8. The second kappa shape index (κ2) is 11.8. The van der Waals surface area contributed by atoms with Gasteiger partial charge in [0.15, 0.2) is 17.9 Å². The molecule has 4 aromatic rings. The number of methoxy groups -OCH3 is 3. The van der Waals surface area contributed by atoms with E-state index in [0.29, 0.717) is 40.5 Å². The van der Waals surface area contributed by atoms with Crippen LogP contribution in [0.2, 0.25) is 0 Å². The molecule has 0 radical (unpaired) electrons. The molecule has 0 atom stereocenters. The Balaban J connectivity index is 0.000000303. The van der Waals surface area contributed by atoms with Gasteiger partial charge in [0.05, 0.1) is 50.8 Å². The van der Waals surface area contributed by atoms with Crippen LogP contribution in [-0.4, -0.2) is 55.0 Å². The van der Waals surface area contributed by atoms with Crippen molar-refractivity contribution in [2.45, 2.75) is 13.5 Å². The Morgan fingerprint density at radius 2 is 1.86 bits per heavy atom. The molecule has 0 spiro atoms. The average Bonchev–Trinajstić information content (AvgIpc) is 3.18. The smallest absolute Gasteiger partial charge is 0.227 e. The minimum atomic E-state index is -0.664. The summed E-state index contributed by atoms with van der Waals surface area (Å²) in [5, 5.41) is 3.45. The third-order valence-corrected chi connectivity index (χ3v) is 5.54. The number of hydrogen-bond donors (Lipinski definition) is 1. The average molecular weight is 495 g/mol. The van der Waals surface area contributed by atoms with Gasteiger partial charge < -0.3 is 24.1 Å². The topological polar surface area (TPSA) is 105 Å². The molecule has 3 aromatic heterocycles. The molecule has 0 fully saturated rings. The summed E-state index contributed by atoms with van der Waals surface area (Å²) in [5.74, 6) is 0.0496. The quantitative estimate of drug-likeness (QED) is 0.222. The van der Waals surface area contributed by atoms with E-state index in [1.165, 1.54) is 19.2 Å². The minimum absolute atomic E-state index is 0.0113. The predicted octanol–water partition coefficient (Wildman–Crippen LogP) is 4.06. The Morgan fingerprint density at radius 3 is 2.44 bits per heavy atom. The maximum atomic E-state index is 14.2. The van der Waals surface area contributed by atoms with Gasteiger partial charge in [-0.25, -0.2) is 9.37 Å². The molecule has 0 saturated heterocycles. The fourth-order valence-electron chi connectivity index (χ4n) is 3.67. The van der Waals surface area contributed by atoms with Crippen molar-refractivity contribution >= 4 is 28.7 Å². The molecule has 3 heterocycles. The van der Waals surface area contributed by atoms with Crippen LogP contribution in [0.4, 0.5) is 10.1 Å². The summed E-state index contributed by atoms with van der Waals surface area (Å²) < 4.78 is 31.0. The number of benzene rings is 1. The van der Waals surface area contributed by atoms with Crippen molar-refractivity contribution in [1.82, 2.24) is 14.5 Å². The molecule has 10 heteroatoms. The number of ether oxygens (including phenoxy) is 3. The highest BCUT2D eigenvalue weighted by Crippen LogP contribution is 2.32. The lowest BCUT2D eigenvalue weighted by molar-refractivity contribution is -0.104. The van der Waals surface area contributed by atoms with Crippen LogP contribution in [0, 0.1) is 12.7 Å². The van der Waals surface area contributed by atoms with E-state index < -0.39 is 11.6 Å². The first kappa shape index (κ1) is 26.1. The number of aldehydes is 1. The molecular weight excluding hydrogens is 467 g/mol. The van der Waals surface area contributed by atoms with E-state index in [4.69, 9.17) is 14.2 Å². The second-order valence-corrected chi connectivity index (χ2v) is 7.56. The monoisotopic (exact) mass is 494 g/mol. The van der Waals surface area contributed by atoms with E-state index in [9.17, 15) is 14.0 Å². The molecule has 1 aromatic carbocycles. The zero-order chi connectivity index (χ0) is 26.2. The number of Topliss-reactive ketones (excluding diaryl/α,β-unsaturated/α-hetero) is 1. The highest BCUT2D eigenvalue weighted by atomic mass is 19.1. The number of anilines is 1. The van der Waals surface area contributed by atoms with Gasteiger partial charge in [-0.05, 0) is 31.2 Å². The standard InChI is InChI=1S/C19H17FN2O4.C7H10N2O/c1-11-19(17(24)10-23)14-6-18(26-3)15(20)7-16(14)22(11)9-12-4-5-13(25-2)8-21-12;1-8-6-3-4-9-7(5-6)10-2/h4-8,10H,9H2,1-3H3;3-5H,1-2H3,(H,8,9). The number of halogens is 1. The minimum Gasteiger partial charge on any atom is -0.495 e. The molecule has 0 saturated carbocycles. The Labute approximate surface area is 207 Å². The van der Waals surface area contributed by atoms with Crippen molar-refractivity contribution < 1.29 is 28.2 Å². The maximum absolute atomic E-state index is 14.2. The van der Waals surface area contributed by atoms with E-state index >= 15 is 0 Å². The second-order valence-electron chi connectivity index (χ2n) is 7.56. The first-order valence-electron chi connectivity index (χ1n) is 10.9. The van der Waals surface area contributed by atoms with E-state index in [1.807, 2.05) is 19.2 Å². The fraction of sp³-hybridized carbons (Fsp3) is 0.231. The van der Waals surface area contributed by atoms with Crippen molar-refractivity contribution in [3.63, 3.8) is 0 Å². The maximum Gasteiger partial charge on any atom is 0.227 e. The molecule has 0 amide bonds. The zero-order valence-corrected chi connectivity index (χ0v) is 20.7. The number of aromatic nitrogens is 3. The predicted molar refractivity (Wildman–Crippen MR) is 134 cm³/mol. The van der Waals surface area contributed by atoms with Crippen molar-refractivity contribution in [2.75, 3.05) is 33.7 Å². The normalized spacial score (nSPS) is 10.3. The largest absolute Gasteiger partial charge is 0.495 e. The molecule has 188 valence electrons. The van der Waals surface area contributed by atoms with Gasteiger partial charge in [-0.15, -0.1) is 0 Å². The lowest BCUT2D eigenvalue weighted by Crippen LogP contribution is -2.06. The van der Waals surface area contributed by atoms with Crippen LogP contribution in [0.25, 0.3) is 10.9 Å². The lowest BCUT2D eigenvalue weighted by atomic mass is 10.1. The summed E-state index contributed by atoms with van der Waals surface area (Å²) in [6, 6.07) is 10.00. The number of pyridine rings is 2. The molecule has 1 N–H and O–H groups in total. The van der Waals surface area contributed by atoms with Crippen LogP contribution in [0.15, 0.2) is 48.8 Å². The van der Waals surface area contributed by atoms with Gasteiger partial charge in [0, 0.05) is 42.1 Å². The molecule has 36 heavy (non-hydrogen) atoms. The van der Waals surface area contributed by atoms with E-state index in [0.717, 1.165) is 5.69 Å². The number of fused-ring (bicyclic) bond motifs is 1. The first-order chi connectivity index (χ1) is 17.4. The van der Waals surface area contributed by atoms with Crippen LogP contribution in [0.3, 0.4) is 0 Å². The van der Waals surface area contributed by atoms with Gasteiger partial charge in [-0.3, -0.25) is 14.6 Å². The molecule has 0 unspecified atom stereocenters.